The van der Waals surface area contributed by atoms with Crippen molar-refractivity contribution in [3.05, 3.63) is 66.0 Å². The zero-order chi connectivity index (χ0) is 19.5. The molecule has 0 unspecified atom stereocenters. The lowest BCUT2D eigenvalue weighted by Crippen LogP contribution is -2.47. The van der Waals surface area contributed by atoms with E-state index in [1.54, 1.807) is 17.0 Å². The minimum absolute atomic E-state index is 0.0586. The van der Waals surface area contributed by atoms with E-state index in [2.05, 4.69) is 5.32 Å². The highest BCUT2D eigenvalue weighted by Gasteiger charge is 2.41. The Morgan fingerprint density at radius 1 is 1.11 bits per heavy atom. The Balaban J connectivity index is 1.47. The van der Waals surface area contributed by atoms with Crippen LogP contribution in [0, 0.1) is 5.82 Å². The van der Waals surface area contributed by atoms with Gasteiger partial charge in [0.1, 0.15) is 23.7 Å². The zero-order valence-corrected chi connectivity index (χ0v) is 15.5. The summed E-state index contributed by atoms with van der Waals surface area (Å²) in [6, 6.07) is 15.1. The molecule has 2 fully saturated rings. The number of benzene rings is 2. The highest BCUT2D eigenvalue weighted by atomic mass is 19.1. The molecule has 5 nitrogen and oxygen atoms in total. The first-order valence-electron chi connectivity index (χ1n) is 9.64. The van der Waals surface area contributed by atoms with Gasteiger partial charge in [0.25, 0.3) is 0 Å². The Kier molecular flexibility index (Phi) is 5.28. The molecule has 1 saturated carbocycles. The molecule has 0 radical (unpaired) electrons. The van der Waals surface area contributed by atoms with Crippen LogP contribution >= 0.6 is 0 Å². The van der Waals surface area contributed by atoms with Gasteiger partial charge < -0.3 is 15.0 Å². The lowest BCUT2D eigenvalue weighted by molar-refractivity contribution is -0.138. The van der Waals surface area contributed by atoms with E-state index in [1.807, 2.05) is 30.3 Å². The summed E-state index contributed by atoms with van der Waals surface area (Å²) < 4.78 is 19.4. The Hall–Kier alpha value is -2.89. The molecule has 1 aliphatic heterocycles. The van der Waals surface area contributed by atoms with Gasteiger partial charge in [-0.05, 0) is 42.7 Å². The van der Waals surface area contributed by atoms with Gasteiger partial charge in [0.05, 0.1) is 13.0 Å². The van der Waals surface area contributed by atoms with Crippen LogP contribution in [-0.4, -0.2) is 41.4 Å². The van der Waals surface area contributed by atoms with Crippen molar-refractivity contribution in [3.8, 4) is 5.75 Å². The van der Waals surface area contributed by atoms with Gasteiger partial charge in [0, 0.05) is 12.5 Å². The van der Waals surface area contributed by atoms with E-state index in [0.717, 1.165) is 12.8 Å². The molecule has 1 heterocycles. The molecule has 1 saturated heterocycles. The first kappa shape index (κ1) is 18.5. The van der Waals surface area contributed by atoms with Crippen molar-refractivity contribution in [3.63, 3.8) is 0 Å². The van der Waals surface area contributed by atoms with Crippen molar-refractivity contribution in [1.82, 2.24) is 10.2 Å². The number of rotatable bonds is 6. The largest absolute Gasteiger partial charge is 0.488 e. The lowest BCUT2D eigenvalue weighted by atomic mass is 10.1. The maximum atomic E-state index is 13.4. The van der Waals surface area contributed by atoms with E-state index < -0.39 is 6.04 Å². The second-order valence-electron chi connectivity index (χ2n) is 7.44. The second-order valence-corrected chi connectivity index (χ2v) is 7.44. The minimum atomic E-state index is -0.560. The molecular formula is C22H23FN2O3. The molecule has 2 amide bonds. The maximum Gasteiger partial charge on any atom is 0.243 e. The Bertz CT molecular complexity index is 854. The van der Waals surface area contributed by atoms with Crippen LogP contribution in [-0.2, 0) is 16.0 Å². The van der Waals surface area contributed by atoms with E-state index in [4.69, 9.17) is 4.74 Å². The van der Waals surface area contributed by atoms with Crippen LogP contribution in [0.5, 0.6) is 5.75 Å². The third kappa shape index (κ3) is 4.50. The summed E-state index contributed by atoms with van der Waals surface area (Å²) in [4.78, 5) is 27.2. The van der Waals surface area contributed by atoms with Crippen molar-refractivity contribution >= 4 is 11.8 Å². The molecular weight excluding hydrogens is 359 g/mol. The predicted octanol–water partition coefficient (Wildman–Crippen LogP) is 2.70. The van der Waals surface area contributed by atoms with Crippen molar-refractivity contribution in [1.29, 1.82) is 0 Å². The molecule has 4 rings (SSSR count). The van der Waals surface area contributed by atoms with Gasteiger partial charge in [-0.25, -0.2) is 4.39 Å². The minimum Gasteiger partial charge on any atom is -0.488 e. The fourth-order valence-corrected chi connectivity index (χ4v) is 3.55. The molecule has 0 aromatic heterocycles. The van der Waals surface area contributed by atoms with Crippen LogP contribution in [0.15, 0.2) is 54.6 Å². The molecule has 6 heteroatoms. The number of para-hydroxylation sites is 1. The molecule has 1 N–H and O–H groups in total. The Morgan fingerprint density at radius 2 is 1.89 bits per heavy atom. The van der Waals surface area contributed by atoms with Crippen molar-refractivity contribution in [2.24, 2.45) is 0 Å². The van der Waals surface area contributed by atoms with Gasteiger partial charge in [-0.2, -0.15) is 0 Å². The van der Waals surface area contributed by atoms with Crippen LogP contribution in [0.3, 0.4) is 0 Å². The molecule has 0 spiro atoms. The lowest BCUT2D eigenvalue weighted by Gasteiger charge is -2.23. The number of carbonyl (C=O) groups is 2. The van der Waals surface area contributed by atoms with Crippen molar-refractivity contribution < 1.29 is 18.7 Å². The van der Waals surface area contributed by atoms with Crippen molar-refractivity contribution in [2.45, 2.75) is 43.9 Å². The van der Waals surface area contributed by atoms with E-state index in [-0.39, 0.29) is 36.2 Å². The normalized spacial score (nSPS) is 21.4. The predicted molar refractivity (Wildman–Crippen MR) is 102 cm³/mol. The SMILES string of the molecule is O=C(NC1CC1)[C@@H]1C[C@H](Oc2ccccc2)CN1C(=O)Cc1cccc(F)c1. The van der Waals surface area contributed by atoms with Gasteiger partial charge >= 0.3 is 0 Å². The molecule has 28 heavy (non-hydrogen) atoms. The molecule has 2 aliphatic rings. The first-order valence-corrected chi connectivity index (χ1v) is 9.64. The average molecular weight is 382 g/mol. The van der Waals surface area contributed by atoms with Gasteiger partial charge in [0.15, 0.2) is 0 Å². The fraction of sp³-hybridized carbons (Fsp3) is 0.364. The standard InChI is InChI=1S/C22H23FN2O3/c23-16-6-4-5-15(11-16)12-21(26)25-14-19(28-18-7-2-1-3-8-18)13-20(25)22(27)24-17-9-10-17/h1-8,11,17,19-20H,9-10,12-14H2,(H,24,27)/t19-,20-/m0/s1. The summed E-state index contributed by atoms with van der Waals surface area (Å²) in [6.45, 7) is 0.339. The number of carbonyl (C=O) groups excluding carboxylic acids is 2. The Labute approximate surface area is 163 Å². The number of hydrogen-bond acceptors (Lipinski definition) is 3. The number of hydrogen-bond donors (Lipinski definition) is 1. The molecule has 2 aromatic carbocycles. The van der Waals surface area contributed by atoms with Crippen LogP contribution < -0.4 is 10.1 Å². The quantitative estimate of drug-likeness (QED) is 0.836. The number of ether oxygens (including phenoxy) is 1. The average Bonchev–Trinajstić information content (AvgIpc) is 3.39. The van der Waals surface area contributed by atoms with Crippen molar-refractivity contribution in [2.75, 3.05) is 6.54 Å². The van der Waals surface area contributed by atoms with E-state index in [9.17, 15) is 14.0 Å². The fourth-order valence-electron chi connectivity index (χ4n) is 3.55. The number of halogens is 1. The molecule has 146 valence electrons. The highest BCUT2D eigenvalue weighted by molar-refractivity contribution is 5.89. The van der Waals surface area contributed by atoms with Gasteiger partial charge in [-0.1, -0.05) is 30.3 Å². The summed E-state index contributed by atoms with van der Waals surface area (Å²) in [6.07, 6.45) is 2.22. The molecule has 2 aromatic rings. The molecule has 2 atom stereocenters. The van der Waals surface area contributed by atoms with Gasteiger partial charge in [0.2, 0.25) is 11.8 Å². The van der Waals surface area contributed by atoms with E-state index in [1.165, 1.54) is 12.1 Å². The Morgan fingerprint density at radius 3 is 2.61 bits per heavy atom. The van der Waals surface area contributed by atoms with E-state index >= 15 is 0 Å². The van der Waals surface area contributed by atoms with Crippen LogP contribution in [0.4, 0.5) is 4.39 Å². The molecule has 0 bridgehead atoms. The topological polar surface area (TPSA) is 58.6 Å². The van der Waals surface area contributed by atoms with Crippen LogP contribution in [0.1, 0.15) is 24.8 Å². The summed E-state index contributed by atoms with van der Waals surface area (Å²) in [5.74, 6) is 0.0169. The molecule has 1 aliphatic carbocycles. The third-order valence-corrected chi connectivity index (χ3v) is 5.10. The summed E-state index contributed by atoms with van der Waals surface area (Å²) in [5.41, 5.74) is 0.596. The highest BCUT2D eigenvalue weighted by Crippen LogP contribution is 2.26. The van der Waals surface area contributed by atoms with Crippen LogP contribution in [0.2, 0.25) is 0 Å². The summed E-state index contributed by atoms with van der Waals surface area (Å²) in [7, 11) is 0. The maximum absolute atomic E-state index is 13.4. The number of nitrogens with zero attached hydrogens (tertiary/aromatic N) is 1. The van der Waals surface area contributed by atoms with E-state index in [0.29, 0.717) is 24.3 Å². The van der Waals surface area contributed by atoms with Gasteiger partial charge in [-0.3, -0.25) is 9.59 Å². The number of nitrogens with one attached hydrogen (secondary N) is 1. The first-order chi connectivity index (χ1) is 13.6. The number of amides is 2. The summed E-state index contributed by atoms with van der Waals surface area (Å²) in [5, 5.41) is 2.99. The zero-order valence-electron chi connectivity index (χ0n) is 15.5. The monoisotopic (exact) mass is 382 g/mol. The number of likely N-dealkylation sites (tertiary alicyclic amines) is 1. The smallest absolute Gasteiger partial charge is 0.243 e. The van der Waals surface area contributed by atoms with Gasteiger partial charge in [-0.15, -0.1) is 0 Å². The summed E-state index contributed by atoms with van der Waals surface area (Å²) >= 11 is 0. The van der Waals surface area contributed by atoms with Crippen LogP contribution in [0.25, 0.3) is 0 Å². The second kappa shape index (κ2) is 8.00. The third-order valence-electron chi connectivity index (χ3n) is 5.10.